The lowest BCUT2D eigenvalue weighted by Crippen LogP contribution is -2.22. The molecule has 0 amide bonds. The molecule has 0 atom stereocenters. The van der Waals surface area contributed by atoms with Gasteiger partial charge >= 0.3 is 0 Å². The molecule has 1 aromatic rings. The summed E-state index contributed by atoms with van der Waals surface area (Å²) in [6.07, 6.45) is 1.08. The van der Waals surface area contributed by atoms with E-state index in [0.29, 0.717) is 6.54 Å². The first-order valence-corrected chi connectivity index (χ1v) is 5.71. The number of nitrogens with one attached hydrogen (secondary N) is 1. The summed E-state index contributed by atoms with van der Waals surface area (Å²) in [5, 5.41) is 3.11. The molecule has 1 rings (SSSR count). The summed E-state index contributed by atoms with van der Waals surface area (Å²) in [6, 6.07) is 5.27. The van der Waals surface area contributed by atoms with Gasteiger partial charge in [0, 0.05) is 12.1 Å². The Morgan fingerprint density at radius 3 is 2.81 bits per heavy atom. The molecule has 0 aromatic heterocycles. The summed E-state index contributed by atoms with van der Waals surface area (Å²) in [6.45, 7) is 4.65. The number of nitrogens with zero attached hydrogens (tertiary/aromatic N) is 1. The van der Waals surface area contributed by atoms with Crippen molar-refractivity contribution in [3.8, 4) is 0 Å². The van der Waals surface area contributed by atoms with E-state index in [0.717, 1.165) is 30.6 Å². The van der Waals surface area contributed by atoms with Crippen LogP contribution in [0.1, 0.15) is 17.5 Å². The number of hydrogen-bond donors (Lipinski definition) is 1. The standard InChI is InChI=1S/C13H21FN2/c1-11-5-6-13(14)12(9-11)10-16(3)8-4-7-15-2/h5-6,9,15H,4,7-8,10H2,1-3H3. The van der Waals surface area contributed by atoms with Crippen molar-refractivity contribution in [2.75, 3.05) is 27.2 Å². The minimum Gasteiger partial charge on any atom is -0.320 e. The van der Waals surface area contributed by atoms with Gasteiger partial charge in [0.05, 0.1) is 0 Å². The van der Waals surface area contributed by atoms with Gasteiger partial charge in [0.1, 0.15) is 5.82 Å². The van der Waals surface area contributed by atoms with Crippen LogP contribution in [0.15, 0.2) is 18.2 Å². The second-order valence-corrected chi connectivity index (χ2v) is 4.29. The zero-order valence-corrected chi connectivity index (χ0v) is 10.4. The largest absolute Gasteiger partial charge is 0.320 e. The summed E-state index contributed by atoms with van der Waals surface area (Å²) in [5.74, 6) is -0.105. The molecule has 0 aliphatic rings. The minimum absolute atomic E-state index is 0.105. The number of aryl methyl sites for hydroxylation is 1. The van der Waals surface area contributed by atoms with Crippen molar-refractivity contribution >= 4 is 0 Å². The third-order valence-electron chi connectivity index (χ3n) is 2.61. The molecule has 3 heteroatoms. The Balaban J connectivity index is 2.48. The molecule has 1 aromatic carbocycles. The van der Waals surface area contributed by atoms with E-state index >= 15 is 0 Å². The van der Waals surface area contributed by atoms with E-state index in [9.17, 15) is 4.39 Å². The van der Waals surface area contributed by atoms with Gasteiger partial charge in [-0.3, -0.25) is 0 Å². The predicted octanol–water partition coefficient (Wildman–Crippen LogP) is 2.18. The number of halogens is 1. The molecule has 0 radical (unpaired) electrons. The zero-order chi connectivity index (χ0) is 12.0. The topological polar surface area (TPSA) is 15.3 Å². The van der Waals surface area contributed by atoms with Crippen LogP contribution < -0.4 is 5.32 Å². The molecule has 0 aliphatic carbocycles. The molecule has 90 valence electrons. The van der Waals surface area contributed by atoms with Gasteiger partial charge in [-0.1, -0.05) is 17.7 Å². The van der Waals surface area contributed by atoms with E-state index < -0.39 is 0 Å². The fourth-order valence-electron chi connectivity index (χ4n) is 1.72. The highest BCUT2D eigenvalue weighted by Gasteiger charge is 2.05. The highest BCUT2D eigenvalue weighted by Crippen LogP contribution is 2.11. The van der Waals surface area contributed by atoms with Crippen molar-refractivity contribution in [3.63, 3.8) is 0 Å². The van der Waals surface area contributed by atoms with Gasteiger partial charge in [0.2, 0.25) is 0 Å². The summed E-state index contributed by atoms with van der Waals surface area (Å²) >= 11 is 0. The lowest BCUT2D eigenvalue weighted by atomic mass is 10.1. The van der Waals surface area contributed by atoms with Gasteiger partial charge in [0.25, 0.3) is 0 Å². The smallest absolute Gasteiger partial charge is 0.127 e. The maximum Gasteiger partial charge on any atom is 0.127 e. The Bertz CT molecular complexity index is 326. The number of rotatable bonds is 6. The quantitative estimate of drug-likeness (QED) is 0.745. The third-order valence-corrected chi connectivity index (χ3v) is 2.61. The Kier molecular flexibility index (Phi) is 5.43. The molecule has 0 unspecified atom stereocenters. The average Bonchev–Trinajstić information content (AvgIpc) is 2.24. The Morgan fingerprint density at radius 2 is 2.12 bits per heavy atom. The van der Waals surface area contributed by atoms with E-state index in [4.69, 9.17) is 0 Å². The lowest BCUT2D eigenvalue weighted by molar-refractivity contribution is 0.316. The summed E-state index contributed by atoms with van der Waals surface area (Å²) in [5.41, 5.74) is 1.90. The van der Waals surface area contributed by atoms with E-state index in [1.807, 2.05) is 27.1 Å². The SMILES string of the molecule is CNCCCN(C)Cc1cc(C)ccc1F. The fourth-order valence-corrected chi connectivity index (χ4v) is 1.72. The maximum absolute atomic E-state index is 13.5. The van der Waals surface area contributed by atoms with Gasteiger partial charge in [-0.15, -0.1) is 0 Å². The first kappa shape index (κ1) is 13.1. The summed E-state index contributed by atoms with van der Waals surface area (Å²) in [4.78, 5) is 2.15. The summed E-state index contributed by atoms with van der Waals surface area (Å²) < 4.78 is 13.5. The van der Waals surface area contributed by atoms with Gasteiger partial charge in [-0.25, -0.2) is 4.39 Å². The van der Waals surface area contributed by atoms with Crippen molar-refractivity contribution < 1.29 is 4.39 Å². The van der Waals surface area contributed by atoms with Crippen LogP contribution in [0.5, 0.6) is 0 Å². The van der Waals surface area contributed by atoms with E-state index in [2.05, 4.69) is 10.2 Å². The molecule has 0 heterocycles. The monoisotopic (exact) mass is 224 g/mol. The van der Waals surface area contributed by atoms with Crippen LogP contribution >= 0.6 is 0 Å². The molecule has 0 spiro atoms. The van der Waals surface area contributed by atoms with Gasteiger partial charge in [0.15, 0.2) is 0 Å². The molecule has 0 bridgehead atoms. The van der Waals surface area contributed by atoms with Crippen LogP contribution in [0, 0.1) is 12.7 Å². The molecule has 0 aliphatic heterocycles. The van der Waals surface area contributed by atoms with Crippen LogP contribution in [-0.4, -0.2) is 32.1 Å². The van der Waals surface area contributed by atoms with Crippen molar-refractivity contribution in [2.45, 2.75) is 19.9 Å². The van der Waals surface area contributed by atoms with Crippen LogP contribution in [0.25, 0.3) is 0 Å². The lowest BCUT2D eigenvalue weighted by Gasteiger charge is -2.17. The Hall–Kier alpha value is -0.930. The van der Waals surface area contributed by atoms with E-state index in [-0.39, 0.29) is 5.82 Å². The van der Waals surface area contributed by atoms with Crippen LogP contribution in [0.3, 0.4) is 0 Å². The van der Waals surface area contributed by atoms with Crippen molar-refractivity contribution in [3.05, 3.63) is 35.1 Å². The zero-order valence-electron chi connectivity index (χ0n) is 10.4. The normalized spacial score (nSPS) is 11.1. The highest BCUT2D eigenvalue weighted by atomic mass is 19.1. The molecule has 2 nitrogen and oxygen atoms in total. The first-order valence-electron chi connectivity index (χ1n) is 5.71. The second-order valence-electron chi connectivity index (χ2n) is 4.29. The molecule has 0 fully saturated rings. The molecule has 0 saturated heterocycles. The van der Waals surface area contributed by atoms with Crippen molar-refractivity contribution in [1.29, 1.82) is 0 Å². The minimum atomic E-state index is -0.105. The first-order chi connectivity index (χ1) is 7.63. The maximum atomic E-state index is 13.5. The molecule has 1 N–H and O–H groups in total. The molecular formula is C13H21FN2. The van der Waals surface area contributed by atoms with Crippen LogP contribution in [0.4, 0.5) is 4.39 Å². The second kappa shape index (κ2) is 6.61. The Labute approximate surface area is 97.5 Å². The fraction of sp³-hybridized carbons (Fsp3) is 0.538. The van der Waals surface area contributed by atoms with Gasteiger partial charge in [-0.05, 0) is 46.6 Å². The number of benzene rings is 1. The molecule has 16 heavy (non-hydrogen) atoms. The van der Waals surface area contributed by atoms with Crippen LogP contribution in [0.2, 0.25) is 0 Å². The number of hydrogen-bond acceptors (Lipinski definition) is 2. The van der Waals surface area contributed by atoms with Crippen LogP contribution in [-0.2, 0) is 6.54 Å². The Morgan fingerprint density at radius 1 is 1.38 bits per heavy atom. The molecule has 0 saturated carbocycles. The van der Waals surface area contributed by atoms with Crippen molar-refractivity contribution in [1.82, 2.24) is 10.2 Å². The average molecular weight is 224 g/mol. The summed E-state index contributed by atoms with van der Waals surface area (Å²) in [7, 11) is 3.97. The van der Waals surface area contributed by atoms with Gasteiger partial charge < -0.3 is 10.2 Å². The van der Waals surface area contributed by atoms with Crippen molar-refractivity contribution in [2.24, 2.45) is 0 Å². The van der Waals surface area contributed by atoms with E-state index in [1.54, 1.807) is 12.1 Å². The predicted molar refractivity (Wildman–Crippen MR) is 66.0 cm³/mol. The third kappa shape index (κ3) is 4.29. The van der Waals surface area contributed by atoms with E-state index in [1.165, 1.54) is 0 Å². The highest BCUT2D eigenvalue weighted by molar-refractivity contribution is 5.23. The molecular weight excluding hydrogens is 203 g/mol. The van der Waals surface area contributed by atoms with Gasteiger partial charge in [-0.2, -0.15) is 0 Å².